The molecule has 4 nitrogen and oxygen atoms in total. The van der Waals surface area contributed by atoms with Gasteiger partial charge in [0, 0.05) is 31.0 Å². The Morgan fingerprint density at radius 2 is 2.04 bits per heavy atom. The molecule has 1 saturated carbocycles. The van der Waals surface area contributed by atoms with Gasteiger partial charge in [-0.15, -0.1) is 0 Å². The Balaban J connectivity index is 1.69. The van der Waals surface area contributed by atoms with E-state index in [1.165, 1.54) is 0 Å². The Morgan fingerprint density at radius 3 is 2.65 bits per heavy atom. The van der Waals surface area contributed by atoms with Crippen molar-refractivity contribution >= 4 is 5.91 Å². The molecule has 1 unspecified atom stereocenters. The predicted octanol–water partition coefficient (Wildman–Crippen LogP) is 2.95. The molecular formula is C17H17F2N3O. The zero-order valence-electron chi connectivity index (χ0n) is 12.5. The van der Waals surface area contributed by atoms with Crippen molar-refractivity contribution in [3.05, 3.63) is 42.4 Å². The number of hydrogen-bond donors (Lipinski definition) is 1. The maximum absolute atomic E-state index is 13.7. The Morgan fingerprint density at radius 1 is 1.30 bits per heavy atom. The SMILES string of the molecule is O=C1CC[C@@H](Cn2cnc(-c3ccccc3)c2C2CC2(F)F)N1. The van der Waals surface area contributed by atoms with E-state index in [1.807, 2.05) is 30.3 Å². The van der Waals surface area contributed by atoms with Gasteiger partial charge < -0.3 is 9.88 Å². The van der Waals surface area contributed by atoms with Crippen LogP contribution in [0, 0.1) is 0 Å². The Kier molecular flexibility index (Phi) is 3.21. The normalized spacial score (nSPS) is 25.4. The minimum atomic E-state index is -2.65. The summed E-state index contributed by atoms with van der Waals surface area (Å²) in [6, 6.07) is 9.40. The van der Waals surface area contributed by atoms with E-state index in [-0.39, 0.29) is 18.4 Å². The lowest BCUT2D eigenvalue weighted by Gasteiger charge is -2.14. The number of nitrogens with zero attached hydrogens (tertiary/aromatic N) is 2. The third kappa shape index (κ3) is 2.62. The third-order valence-corrected chi connectivity index (χ3v) is 4.58. The lowest BCUT2D eigenvalue weighted by atomic mass is 10.1. The Labute approximate surface area is 132 Å². The number of benzene rings is 1. The number of carbonyl (C=O) groups excluding carboxylic acids is 1. The van der Waals surface area contributed by atoms with E-state index < -0.39 is 11.8 Å². The van der Waals surface area contributed by atoms with Crippen molar-refractivity contribution in [2.45, 2.75) is 43.7 Å². The fourth-order valence-electron chi connectivity index (χ4n) is 3.28. The molecule has 6 heteroatoms. The van der Waals surface area contributed by atoms with Gasteiger partial charge in [0.1, 0.15) is 0 Å². The van der Waals surface area contributed by atoms with Crippen LogP contribution in [0.15, 0.2) is 36.7 Å². The fourth-order valence-corrected chi connectivity index (χ4v) is 3.28. The first-order chi connectivity index (χ1) is 11.0. The molecule has 2 heterocycles. The number of rotatable bonds is 4. The Hall–Kier alpha value is -2.24. The lowest BCUT2D eigenvalue weighted by Crippen LogP contribution is -2.30. The van der Waals surface area contributed by atoms with Crippen molar-refractivity contribution < 1.29 is 13.6 Å². The van der Waals surface area contributed by atoms with E-state index in [4.69, 9.17) is 0 Å². The van der Waals surface area contributed by atoms with Crippen molar-refractivity contribution in [3.63, 3.8) is 0 Å². The molecule has 1 N–H and O–H groups in total. The molecule has 2 fully saturated rings. The summed E-state index contributed by atoms with van der Waals surface area (Å²) in [5.41, 5.74) is 2.05. The van der Waals surface area contributed by atoms with Gasteiger partial charge in [-0.25, -0.2) is 13.8 Å². The van der Waals surface area contributed by atoms with E-state index in [2.05, 4.69) is 10.3 Å². The summed E-state index contributed by atoms with van der Waals surface area (Å²) in [6.07, 6.45) is 2.73. The van der Waals surface area contributed by atoms with Gasteiger partial charge in [-0.1, -0.05) is 30.3 Å². The maximum Gasteiger partial charge on any atom is 0.257 e. The number of halogens is 2. The van der Waals surface area contributed by atoms with Crippen LogP contribution in [0.25, 0.3) is 11.3 Å². The summed E-state index contributed by atoms with van der Waals surface area (Å²) in [7, 11) is 0. The highest BCUT2D eigenvalue weighted by Gasteiger charge is 2.59. The summed E-state index contributed by atoms with van der Waals surface area (Å²) >= 11 is 0. The monoisotopic (exact) mass is 317 g/mol. The maximum atomic E-state index is 13.7. The summed E-state index contributed by atoms with van der Waals surface area (Å²) in [5.74, 6) is -3.41. The van der Waals surface area contributed by atoms with Crippen molar-refractivity contribution in [3.8, 4) is 11.3 Å². The highest BCUT2D eigenvalue weighted by molar-refractivity contribution is 5.78. The van der Waals surface area contributed by atoms with Crippen molar-refractivity contribution in [2.75, 3.05) is 0 Å². The smallest absolute Gasteiger partial charge is 0.257 e. The van der Waals surface area contributed by atoms with Crippen LogP contribution in [0.4, 0.5) is 8.78 Å². The summed E-state index contributed by atoms with van der Waals surface area (Å²) < 4.78 is 29.2. The van der Waals surface area contributed by atoms with Crippen LogP contribution in [0.3, 0.4) is 0 Å². The van der Waals surface area contributed by atoms with Gasteiger partial charge in [0.05, 0.1) is 23.6 Å². The highest BCUT2D eigenvalue weighted by atomic mass is 19.3. The van der Waals surface area contributed by atoms with E-state index in [0.29, 0.717) is 24.4 Å². The topological polar surface area (TPSA) is 46.9 Å². The summed E-state index contributed by atoms with van der Waals surface area (Å²) in [5, 5.41) is 2.88. The van der Waals surface area contributed by atoms with E-state index >= 15 is 0 Å². The average molecular weight is 317 g/mol. The van der Waals surface area contributed by atoms with Crippen LogP contribution in [0.5, 0.6) is 0 Å². The first-order valence-corrected chi connectivity index (χ1v) is 7.82. The third-order valence-electron chi connectivity index (χ3n) is 4.58. The van der Waals surface area contributed by atoms with Gasteiger partial charge in [-0.2, -0.15) is 0 Å². The van der Waals surface area contributed by atoms with Crippen molar-refractivity contribution in [2.24, 2.45) is 0 Å². The van der Waals surface area contributed by atoms with Gasteiger partial charge in [0.25, 0.3) is 5.92 Å². The number of carbonyl (C=O) groups is 1. The van der Waals surface area contributed by atoms with Gasteiger partial charge in [-0.3, -0.25) is 4.79 Å². The first-order valence-electron chi connectivity index (χ1n) is 7.82. The van der Waals surface area contributed by atoms with Crippen LogP contribution >= 0.6 is 0 Å². The second kappa shape index (κ2) is 5.15. The first kappa shape index (κ1) is 14.4. The molecule has 23 heavy (non-hydrogen) atoms. The molecule has 2 atom stereocenters. The lowest BCUT2D eigenvalue weighted by molar-refractivity contribution is -0.119. The molecule has 1 aliphatic heterocycles. The largest absolute Gasteiger partial charge is 0.352 e. The number of alkyl halides is 2. The van der Waals surface area contributed by atoms with E-state index in [1.54, 1.807) is 10.9 Å². The van der Waals surface area contributed by atoms with Crippen LogP contribution in [-0.2, 0) is 11.3 Å². The molecule has 1 saturated heterocycles. The molecule has 1 aromatic carbocycles. The van der Waals surface area contributed by atoms with Gasteiger partial charge in [0.2, 0.25) is 5.91 Å². The molecule has 0 bridgehead atoms. The van der Waals surface area contributed by atoms with E-state index in [9.17, 15) is 13.6 Å². The van der Waals surface area contributed by atoms with Gasteiger partial charge >= 0.3 is 0 Å². The second-order valence-electron chi connectivity index (χ2n) is 6.32. The quantitative estimate of drug-likeness (QED) is 0.942. The minimum Gasteiger partial charge on any atom is -0.352 e. The van der Waals surface area contributed by atoms with Crippen LogP contribution < -0.4 is 5.32 Å². The van der Waals surface area contributed by atoms with E-state index in [0.717, 1.165) is 12.0 Å². The number of nitrogens with one attached hydrogen (secondary N) is 1. The van der Waals surface area contributed by atoms with Crippen LogP contribution in [-0.4, -0.2) is 27.4 Å². The molecular weight excluding hydrogens is 300 g/mol. The summed E-state index contributed by atoms with van der Waals surface area (Å²) in [4.78, 5) is 15.7. The number of aromatic nitrogens is 2. The molecule has 120 valence electrons. The highest BCUT2D eigenvalue weighted by Crippen LogP contribution is 2.57. The number of imidazole rings is 1. The number of amides is 1. The van der Waals surface area contributed by atoms with Crippen molar-refractivity contribution in [1.82, 2.24) is 14.9 Å². The molecule has 2 aromatic rings. The zero-order valence-corrected chi connectivity index (χ0v) is 12.5. The van der Waals surface area contributed by atoms with Crippen LogP contribution in [0.2, 0.25) is 0 Å². The standard InChI is InChI=1S/C17H17F2N3O/c18-17(19)8-13(17)16-15(11-4-2-1-3-5-11)20-10-22(16)9-12-6-7-14(23)21-12/h1-5,10,12-13H,6-9H2,(H,21,23)/t12-,13?/m0/s1. The molecule has 2 aliphatic rings. The average Bonchev–Trinajstić information content (AvgIpc) is 2.89. The number of hydrogen-bond acceptors (Lipinski definition) is 2. The molecule has 0 spiro atoms. The van der Waals surface area contributed by atoms with Crippen molar-refractivity contribution in [1.29, 1.82) is 0 Å². The minimum absolute atomic E-state index is 0.00792. The fraction of sp³-hybridized carbons (Fsp3) is 0.412. The molecule has 4 rings (SSSR count). The molecule has 1 aliphatic carbocycles. The zero-order chi connectivity index (χ0) is 16.0. The van der Waals surface area contributed by atoms with Gasteiger partial charge in [0.15, 0.2) is 0 Å². The second-order valence-corrected chi connectivity index (χ2v) is 6.32. The molecule has 1 amide bonds. The van der Waals surface area contributed by atoms with Crippen LogP contribution in [0.1, 0.15) is 30.9 Å². The Bertz CT molecular complexity index is 742. The summed E-state index contributed by atoms with van der Waals surface area (Å²) in [6.45, 7) is 0.494. The predicted molar refractivity (Wildman–Crippen MR) is 81.1 cm³/mol. The van der Waals surface area contributed by atoms with Gasteiger partial charge in [-0.05, 0) is 6.42 Å². The molecule has 0 radical (unpaired) electrons. The molecule has 1 aromatic heterocycles.